The lowest BCUT2D eigenvalue weighted by Gasteiger charge is -2.38. The number of rotatable bonds is 3. The Morgan fingerprint density at radius 3 is 2.85 bits per heavy atom. The molecule has 110 valence electrons. The van der Waals surface area contributed by atoms with E-state index in [1.807, 2.05) is 6.92 Å². The second-order valence-electron chi connectivity index (χ2n) is 5.97. The molecule has 0 saturated carbocycles. The molecule has 0 bridgehead atoms. The highest BCUT2D eigenvalue weighted by Gasteiger charge is 2.37. The van der Waals surface area contributed by atoms with Crippen LogP contribution >= 0.6 is 0 Å². The third-order valence-electron chi connectivity index (χ3n) is 4.47. The minimum atomic E-state index is -0.0368. The van der Waals surface area contributed by atoms with E-state index in [9.17, 15) is 4.79 Å². The summed E-state index contributed by atoms with van der Waals surface area (Å²) in [6.07, 6.45) is 4.40. The number of esters is 1. The van der Waals surface area contributed by atoms with Crippen LogP contribution in [0.5, 0.6) is 0 Å². The maximum Gasteiger partial charge on any atom is 0.323 e. The molecular weight excluding hydrogens is 254 g/mol. The summed E-state index contributed by atoms with van der Waals surface area (Å²) in [5.41, 5.74) is 2.26. The summed E-state index contributed by atoms with van der Waals surface area (Å²) in [4.78, 5) is 14.2. The van der Waals surface area contributed by atoms with Gasteiger partial charge < -0.3 is 4.74 Å². The standard InChI is InChI=1S/C15H23N3O2/c1-11-9-12(2)18(16-11)10-13-5-3-4-7-17(13)14-6-8-20-15(14)19/h9,13-14H,3-8,10H2,1-2H3/t13-,14+/m1/s1. The maximum atomic E-state index is 11.9. The monoisotopic (exact) mass is 277 g/mol. The van der Waals surface area contributed by atoms with E-state index in [2.05, 4.69) is 27.7 Å². The fourth-order valence-corrected chi connectivity index (χ4v) is 3.48. The molecule has 3 heterocycles. The maximum absolute atomic E-state index is 11.9. The minimum Gasteiger partial charge on any atom is -0.464 e. The lowest BCUT2D eigenvalue weighted by atomic mass is 9.99. The summed E-state index contributed by atoms with van der Waals surface area (Å²) in [7, 11) is 0. The molecule has 0 radical (unpaired) electrons. The van der Waals surface area contributed by atoms with Crippen LogP contribution in [0.4, 0.5) is 0 Å². The molecule has 2 atom stereocenters. The Hall–Kier alpha value is -1.36. The molecule has 1 aromatic rings. The van der Waals surface area contributed by atoms with Crippen LogP contribution in [-0.2, 0) is 16.1 Å². The van der Waals surface area contributed by atoms with Gasteiger partial charge in [0.15, 0.2) is 0 Å². The summed E-state index contributed by atoms with van der Waals surface area (Å²) >= 11 is 0. The molecule has 2 aliphatic heterocycles. The van der Waals surface area contributed by atoms with Gasteiger partial charge in [0.05, 0.1) is 18.8 Å². The van der Waals surface area contributed by atoms with Gasteiger partial charge in [0, 0.05) is 18.2 Å². The van der Waals surface area contributed by atoms with Gasteiger partial charge in [0.1, 0.15) is 6.04 Å². The van der Waals surface area contributed by atoms with E-state index >= 15 is 0 Å². The first kappa shape index (κ1) is 13.6. The molecule has 3 rings (SSSR count). The predicted octanol–water partition coefficient (Wildman–Crippen LogP) is 1.67. The molecule has 0 N–H and O–H groups in total. The molecule has 2 aliphatic rings. The number of hydrogen-bond donors (Lipinski definition) is 0. The topological polar surface area (TPSA) is 47.4 Å². The number of likely N-dealkylation sites (tertiary alicyclic amines) is 1. The van der Waals surface area contributed by atoms with Crippen LogP contribution in [0.2, 0.25) is 0 Å². The lowest BCUT2D eigenvalue weighted by Crippen LogP contribution is -2.50. The Labute approximate surface area is 119 Å². The van der Waals surface area contributed by atoms with Crippen molar-refractivity contribution >= 4 is 5.97 Å². The van der Waals surface area contributed by atoms with Crippen molar-refractivity contribution in [2.24, 2.45) is 0 Å². The van der Waals surface area contributed by atoms with E-state index in [0.717, 1.165) is 31.6 Å². The number of carbonyl (C=O) groups is 1. The van der Waals surface area contributed by atoms with Crippen LogP contribution in [0, 0.1) is 13.8 Å². The summed E-state index contributed by atoms with van der Waals surface area (Å²) in [5.74, 6) is -0.0368. The summed E-state index contributed by atoms with van der Waals surface area (Å²) in [6, 6.07) is 2.48. The van der Waals surface area contributed by atoms with Crippen molar-refractivity contribution in [3.63, 3.8) is 0 Å². The zero-order valence-corrected chi connectivity index (χ0v) is 12.3. The Balaban J connectivity index is 1.75. The van der Waals surface area contributed by atoms with Gasteiger partial charge >= 0.3 is 5.97 Å². The molecule has 1 aromatic heterocycles. The van der Waals surface area contributed by atoms with Crippen molar-refractivity contribution in [2.75, 3.05) is 13.2 Å². The SMILES string of the molecule is Cc1cc(C)n(C[C@H]2CCCCN2[C@H]2CCOC2=O)n1. The highest BCUT2D eigenvalue weighted by Crippen LogP contribution is 2.25. The largest absolute Gasteiger partial charge is 0.464 e. The van der Waals surface area contributed by atoms with Gasteiger partial charge in [0.2, 0.25) is 0 Å². The Morgan fingerprint density at radius 2 is 2.20 bits per heavy atom. The molecule has 5 nitrogen and oxygen atoms in total. The van der Waals surface area contributed by atoms with Crippen molar-refractivity contribution in [2.45, 2.75) is 58.2 Å². The highest BCUT2D eigenvalue weighted by atomic mass is 16.5. The van der Waals surface area contributed by atoms with Gasteiger partial charge in [-0.05, 0) is 39.3 Å². The Kier molecular flexibility index (Phi) is 3.78. The number of carbonyl (C=O) groups excluding carboxylic acids is 1. The van der Waals surface area contributed by atoms with Gasteiger partial charge in [-0.3, -0.25) is 14.4 Å². The Morgan fingerprint density at radius 1 is 1.35 bits per heavy atom. The fraction of sp³-hybridized carbons (Fsp3) is 0.733. The third-order valence-corrected chi connectivity index (χ3v) is 4.47. The van der Waals surface area contributed by atoms with Crippen LogP contribution in [0.15, 0.2) is 6.07 Å². The second kappa shape index (κ2) is 5.56. The number of aryl methyl sites for hydroxylation is 2. The normalized spacial score (nSPS) is 27.8. The fourth-order valence-electron chi connectivity index (χ4n) is 3.48. The average molecular weight is 277 g/mol. The van der Waals surface area contributed by atoms with Crippen LogP contribution < -0.4 is 0 Å². The molecule has 0 aliphatic carbocycles. The van der Waals surface area contributed by atoms with Crippen molar-refractivity contribution in [1.29, 1.82) is 0 Å². The molecule has 0 aromatic carbocycles. The lowest BCUT2D eigenvalue weighted by molar-refractivity contribution is -0.143. The molecular formula is C15H23N3O2. The van der Waals surface area contributed by atoms with E-state index in [4.69, 9.17) is 4.74 Å². The second-order valence-corrected chi connectivity index (χ2v) is 5.97. The number of hydrogen-bond acceptors (Lipinski definition) is 4. The van der Waals surface area contributed by atoms with E-state index in [1.165, 1.54) is 18.5 Å². The van der Waals surface area contributed by atoms with Gasteiger partial charge in [-0.2, -0.15) is 5.10 Å². The number of ether oxygens (including phenoxy) is 1. The van der Waals surface area contributed by atoms with Crippen LogP contribution in [0.3, 0.4) is 0 Å². The van der Waals surface area contributed by atoms with Gasteiger partial charge in [-0.1, -0.05) is 6.42 Å². The predicted molar refractivity (Wildman–Crippen MR) is 75.4 cm³/mol. The number of aromatic nitrogens is 2. The molecule has 20 heavy (non-hydrogen) atoms. The van der Waals surface area contributed by atoms with E-state index in [0.29, 0.717) is 12.6 Å². The Bertz CT molecular complexity index is 497. The van der Waals surface area contributed by atoms with E-state index < -0.39 is 0 Å². The molecule has 5 heteroatoms. The third kappa shape index (κ3) is 2.59. The van der Waals surface area contributed by atoms with Gasteiger partial charge in [0.25, 0.3) is 0 Å². The van der Waals surface area contributed by atoms with Crippen LogP contribution in [-0.4, -0.2) is 45.9 Å². The quantitative estimate of drug-likeness (QED) is 0.789. The minimum absolute atomic E-state index is 0.0303. The van der Waals surface area contributed by atoms with Crippen LogP contribution in [0.1, 0.15) is 37.1 Å². The smallest absolute Gasteiger partial charge is 0.323 e. The van der Waals surface area contributed by atoms with Crippen LogP contribution in [0.25, 0.3) is 0 Å². The number of nitrogens with zero attached hydrogens (tertiary/aromatic N) is 3. The summed E-state index contributed by atoms with van der Waals surface area (Å²) < 4.78 is 7.22. The molecule has 2 fully saturated rings. The molecule has 0 unspecified atom stereocenters. The molecule has 0 amide bonds. The first-order valence-electron chi connectivity index (χ1n) is 7.58. The average Bonchev–Trinajstić information content (AvgIpc) is 2.97. The summed E-state index contributed by atoms with van der Waals surface area (Å²) in [5, 5.41) is 4.56. The van der Waals surface area contributed by atoms with Crippen molar-refractivity contribution < 1.29 is 9.53 Å². The first-order chi connectivity index (χ1) is 9.65. The van der Waals surface area contributed by atoms with Gasteiger partial charge in [-0.25, -0.2) is 0 Å². The highest BCUT2D eigenvalue weighted by molar-refractivity contribution is 5.77. The van der Waals surface area contributed by atoms with Crippen molar-refractivity contribution in [1.82, 2.24) is 14.7 Å². The van der Waals surface area contributed by atoms with Crippen molar-refractivity contribution in [3.8, 4) is 0 Å². The summed E-state index contributed by atoms with van der Waals surface area (Å²) in [6.45, 7) is 6.58. The zero-order chi connectivity index (χ0) is 14.1. The molecule has 2 saturated heterocycles. The zero-order valence-electron chi connectivity index (χ0n) is 12.3. The first-order valence-corrected chi connectivity index (χ1v) is 7.58. The van der Waals surface area contributed by atoms with E-state index in [-0.39, 0.29) is 12.0 Å². The number of piperidine rings is 1. The van der Waals surface area contributed by atoms with Crippen molar-refractivity contribution in [3.05, 3.63) is 17.5 Å². The van der Waals surface area contributed by atoms with E-state index in [1.54, 1.807) is 0 Å². The molecule has 0 spiro atoms. The van der Waals surface area contributed by atoms with Gasteiger partial charge in [-0.15, -0.1) is 0 Å². The number of cyclic esters (lactones) is 1.